The number of nitrogens with zero attached hydrogens (tertiary/aromatic N) is 2. The first-order valence-corrected chi connectivity index (χ1v) is 9.60. The van der Waals surface area contributed by atoms with Gasteiger partial charge in [0.05, 0.1) is 6.54 Å². The fourth-order valence-electron chi connectivity index (χ4n) is 3.48. The molecule has 1 aliphatic heterocycles. The lowest BCUT2D eigenvalue weighted by Crippen LogP contribution is -2.43. The molecule has 2 atom stereocenters. The second kappa shape index (κ2) is 9.87. The Kier molecular flexibility index (Phi) is 7.82. The first-order chi connectivity index (χ1) is 11.6. The van der Waals surface area contributed by atoms with Crippen molar-refractivity contribution in [2.75, 3.05) is 45.8 Å². The highest BCUT2D eigenvalue weighted by atomic mass is 16.2. The molecule has 6 heteroatoms. The maximum atomic E-state index is 11.6. The van der Waals surface area contributed by atoms with Crippen molar-refractivity contribution in [3.8, 4) is 0 Å². The summed E-state index contributed by atoms with van der Waals surface area (Å²) in [7, 11) is 0. The normalized spacial score (nSPS) is 25.4. The summed E-state index contributed by atoms with van der Waals surface area (Å²) in [6, 6.07) is 0. The van der Waals surface area contributed by atoms with Gasteiger partial charge in [-0.3, -0.25) is 9.79 Å². The molecular formula is C18H35N5O. The molecular weight excluding hydrogens is 302 g/mol. The van der Waals surface area contributed by atoms with Crippen molar-refractivity contribution >= 4 is 11.9 Å². The number of nitrogens with one attached hydrogen (secondary N) is 3. The molecule has 6 nitrogen and oxygen atoms in total. The number of hydrogen-bond acceptors (Lipinski definition) is 3. The van der Waals surface area contributed by atoms with Gasteiger partial charge in [0, 0.05) is 45.2 Å². The second-order valence-corrected chi connectivity index (χ2v) is 7.46. The van der Waals surface area contributed by atoms with Crippen LogP contribution in [0.2, 0.25) is 0 Å². The van der Waals surface area contributed by atoms with Crippen LogP contribution in [0, 0.1) is 17.8 Å². The summed E-state index contributed by atoms with van der Waals surface area (Å²) in [5, 5.41) is 9.53. The molecule has 2 rings (SSSR count). The maximum absolute atomic E-state index is 11.6. The van der Waals surface area contributed by atoms with Gasteiger partial charge in [-0.05, 0) is 38.0 Å². The van der Waals surface area contributed by atoms with Gasteiger partial charge in [-0.15, -0.1) is 0 Å². The monoisotopic (exact) mass is 337 g/mol. The molecule has 0 aromatic carbocycles. The van der Waals surface area contributed by atoms with Crippen molar-refractivity contribution in [2.24, 2.45) is 22.7 Å². The van der Waals surface area contributed by atoms with Crippen LogP contribution in [0.4, 0.5) is 0 Å². The van der Waals surface area contributed by atoms with Gasteiger partial charge >= 0.3 is 0 Å². The predicted molar refractivity (Wildman–Crippen MR) is 99.1 cm³/mol. The van der Waals surface area contributed by atoms with E-state index in [1.54, 1.807) is 0 Å². The quantitative estimate of drug-likeness (QED) is 0.352. The van der Waals surface area contributed by atoms with E-state index in [1.807, 2.05) is 0 Å². The van der Waals surface area contributed by atoms with Crippen molar-refractivity contribution in [3.05, 3.63) is 0 Å². The Bertz CT molecular complexity index is 412. The molecule has 0 bridgehead atoms. The van der Waals surface area contributed by atoms with Gasteiger partial charge in [0.1, 0.15) is 0 Å². The van der Waals surface area contributed by atoms with Gasteiger partial charge in [-0.2, -0.15) is 0 Å². The van der Waals surface area contributed by atoms with Gasteiger partial charge in [-0.25, -0.2) is 0 Å². The third kappa shape index (κ3) is 7.07. The fourth-order valence-corrected chi connectivity index (χ4v) is 3.48. The summed E-state index contributed by atoms with van der Waals surface area (Å²) in [6.45, 7) is 13.2. The highest BCUT2D eigenvalue weighted by molar-refractivity contribution is 5.81. The zero-order valence-corrected chi connectivity index (χ0v) is 15.6. The van der Waals surface area contributed by atoms with E-state index >= 15 is 0 Å². The predicted octanol–water partition coefficient (Wildman–Crippen LogP) is 1.05. The minimum absolute atomic E-state index is 0.201. The van der Waals surface area contributed by atoms with Crippen molar-refractivity contribution in [1.82, 2.24) is 20.9 Å². The molecule has 2 fully saturated rings. The Balaban J connectivity index is 1.64. The van der Waals surface area contributed by atoms with E-state index in [1.165, 1.54) is 19.5 Å². The van der Waals surface area contributed by atoms with E-state index in [0.29, 0.717) is 13.1 Å². The third-order valence-electron chi connectivity index (χ3n) is 4.64. The second-order valence-electron chi connectivity index (χ2n) is 7.46. The molecule has 1 saturated heterocycles. The van der Waals surface area contributed by atoms with Crippen LogP contribution < -0.4 is 16.0 Å². The highest BCUT2D eigenvalue weighted by Crippen LogP contribution is 2.28. The van der Waals surface area contributed by atoms with Crippen molar-refractivity contribution in [2.45, 2.75) is 40.0 Å². The number of rotatable bonds is 8. The van der Waals surface area contributed by atoms with Gasteiger partial charge in [-0.1, -0.05) is 13.8 Å². The van der Waals surface area contributed by atoms with Crippen LogP contribution in [-0.2, 0) is 4.79 Å². The molecule has 3 N–H and O–H groups in total. The van der Waals surface area contributed by atoms with Crippen LogP contribution in [0.1, 0.15) is 40.0 Å². The van der Waals surface area contributed by atoms with Crippen LogP contribution in [-0.4, -0.2) is 62.6 Å². The average molecular weight is 338 g/mol. The molecule has 1 aliphatic carbocycles. The molecule has 0 aromatic rings. The standard InChI is InChI=1S/C18H35N5O/c1-4-19-18(21-8-7-20-17(24)16-5-6-16)22-9-10-23-12-14(2)11-15(3)13-23/h14-16H,4-13H2,1-3H3,(H,20,24)(H2,19,21,22). The Hall–Kier alpha value is -1.30. The number of amides is 1. The first-order valence-electron chi connectivity index (χ1n) is 9.60. The molecule has 1 saturated carbocycles. The van der Waals surface area contributed by atoms with Crippen LogP contribution in [0.3, 0.4) is 0 Å². The van der Waals surface area contributed by atoms with Gasteiger partial charge < -0.3 is 20.9 Å². The van der Waals surface area contributed by atoms with Crippen LogP contribution in [0.15, 0.2) is 4.99 Å². The number of likely N-dealkylation sites (tertiary alicyclic amines) is 1. The lowest BCUT2D eigenvalue weighted by Gasteiger charge is -2.34. The number of carbonyl (C=O) groups is 1. The summed E-state index contributed by atoms with van der Waals surface area (Å²) >= 11 is 0. The molecule has 0 radical (unpaired) electrons. The van der Waals surface area contributed by atoms with Gasteiger partial charge in [0.2, 0.25) is 5.91 Å². The number of carbonyl (C=O) groups excluding carboxylic acids is 1. The minimum Gasteiger partial charge on any atom is -0.357 e. The minimum atomic E-state index is 0.201. The summed E-state index contributed by atoms with van der Waals surface area (Å²) in [5.41, 5.74) is 0. The maximum Gasteiger partial charge on any atom is 0.223 e. The lowest BCUT2D eigenvalue weighted by molar-refractivity contribution is -0.122. The number of hydrogen-bond donors (Lipinski definition) is 3. The van der Waals surface area contributed by atoms with Crippen LogP contribution in [0.25, 0.3) is 0 Å². The number of guanidine groups is 1. The van der Waals surface area contributed by atoms with E-state index in [2.05, 4.69) is 46.6 Å². The van der Waals surface area contributed by atoms with Crippen molar-refractivity contribution < 1.29 is 4.79 Å². The smallest absolute Gasteiger partial charge is 0.223 e. The van der Waals surface area contributed by atoms with Gasteiger partial charge in [0.15, 0.2) is 5.96 Å². The zero-order valence-electron chi connectivity index (χ0n) is 15.6. The lowest BCUT2D eigenvalue weighted by atomic mass is 9.92. The molecule has 2 unspecified atom stereocenters. The van der Waals surface area contributed by atoms with E-state index in [-0.39, 0.29) is 11.8 Å². The number of aliphatic imine (C=N–C) groups is 1. The van der Waals surface area contributed by atoms with E-state index in [9.17, 15) is 4.79 Å². The average Bonchev–Trinajstić information content (AvgIpc) is 3.35. The zero-order chi connectivity index (χ0) is 17.4. The third-order valence-corrected chi connectivity index (χ3v) is 4.64. The molecule has 0 spiro atoms. The molecule has 1 amide bonds. The van der Waals surface area contributed by atoms with E-state index in [4.69, 9.17) is 0 Å². The Morgan fingerprint density at radius 2 is 1.75 bits per heavy atom. The molecule has 2 aliphatic rings. The molecule has 0 aromatic heterocycles. The van der Waals surface area contributed by atoms with Crippen molar-refractivity contribution in [1.29, 1.82) is 0 Å². The summed E-state index contributed by atoms with van der Waals surface area (Å²) in [4.78, 5) is 18.8. The Morgan fingerprint density at radius 1 is 1.08 bits per heavy atom. The SMILES string of the molecule is CCNC(=NCCN1CC(C)CC(C)C1)NCCNC(=O)C1CC1. The molecule has 1 heterocycles. The summed E-state index contributed by atoms with van der Waals surface area (Å²) < 4.78 is 0. The van der Waals surface area contributed by atoms with E-state index < -0.39 is 0 Å². The Morgan fingerprint density at radius 3 is 2.38 bits per heavy atom. The summed E-state index contributed by atoms with van der Waals surface area (Å²) in [6.07, 6.45) is 3.45. The Labute approximate surface area is 146 Å². The molecule has 24 heavy (non-hydrogen) atoms. The molecule has 138 valence electrons. The summed E-state index contributed by atoms with van der Waals surface area (Å²) in [5.74, 6) is 2.91. The van der Waals surface area contributed by atoms with Crippen molar-refractivity contribution in [3.63, 3.8) is 0 Å². The van der Waals surface area contributed by atoms with Crippen LogP contribution in [0.5, 0.6) is 0 Å². The van der Waals surface area contributed by atoms with E-state index in [0.717, 1.165) is 50.3 Å². The van der Waals surface area contributed by atoms with Crippen LogP contribution >= 0.6 is 0 Å². The largest absolute Gasteiger partial charge is 0.357 e. The first kappa shape index (κ1) is 19.0. The number of piperidine rings is 1. The highest BCUT2D eigenvalue weighted by Gasteiger charge is 2.29. The topological polar surface area (TPSA) is 68.8 Å². The van der Waals surface area contributed by atoms with Gasteiger partial charge in [0.25, 0.3) is 0 Å². The fraction of sp³-hybridized carbons (Fsp3) is 0.889.